The summed E-state index contributed by atoms with van der Waals surface area (Å²) in [5.74, 6) is 0.668. The van der Waals surface area contributed by atoms with Gasteiger partial charge in [0.15, 0.2) is 6.61 Å². The maximum atomic E-state index is 12.0. The number of nitrogen functional groups attached to an aromatic ring is 1. The summed E-state index contributed by atoms with van der Waals surface area (Å²) in [4.78, 5) is 13.8. The number of nitrogens with two attached hydrogens (primary N) is 1. The highest BCUT2D eigenvalue weighted by Gasteiger charge is 2.31. The number of carbonyl (C=O) groups excluding carboxylic acids is 1. The lowest BCUT2D eigenvalue weighted by Crippen LogP contribution is -2.43. The molecule has 2 heterocycles. The molecule has 0 bridgehead atoms. The van der Waals surface area contributed by atoms with E-state index in [1.807, 2.05) is 6.07 Å². The van der Waals surface area contributed by atoms with Crippen LogP contribution in [0.4, 0.5) is 11.4 Å². The molecule has 1 aromatic carbocycles. The largest absolute Gasteiger partial charge is 0.482 e. The first-order valence-electron chi connectivity index (χ1n) is 6.61. The molecule has 2 aliphatic rings. The molecule has 2 N–H and O–H groups in total. The van der Waals surface area contributed by atoms with Crippen molar-refractivity contribution in [2.24, 2.45) is 0 Å². The zero-order valence-corrected chi connectivity index (χ0v) is 11.0. The van der Waals surface area contributed by atoms with Crippen molar-refractivity contribution in [3.05, 3.63) is 18.2 Å². The number of hydrogen-bond donors (Lipinski definition) is 1. The fourth-order valence-electron chi connectivity index (χ4n) is 2.64. The van der Waals surface area contributed by atoms with Gasteiger partial charge in [0.25, 0.3) is 5.91 Å². The van der Waals surface area contributed by atoms with Crippen LogP contribution in [-0.2, 0) is 9.53 Å². The monoisotopic (exact) mass is 262 g/mol. The zero-order valence-electron chi connectivity index (χ0n) is 11.0. The number of benzene rings is 1. The number of carbonyl (C=O) groups is 1. The summed E-state index contributed by atoms with van der Waals surface area (Å²) in [6, 6.07) is 5.37. The summed E-state index contributed by atoms with van der Waals surface area (Å²) in [6.07, 6.45) is 2.42. The second-order valence-corrected chi connectivity index (χ2v) is 5.17. The third-order valence-corrected chi connectivity index (χ3v) is 3.63. The Balaban J connectivity index is 1.84. The maximum Gasteiger partial charge on any atom is 0.265 e. The highest BCUT2D eigenvalue weighted by Crippen LogP contribution is 2.34. The molecule has 3 rings (SSSR count). The van der Waals surface area contributed by atoms with Gasteiger partial charge < -0.3 is 20.1 Å². The molecule has 19 heavy (non-hydrogen) atoms. The summed E-state index contributed by atoms with van der Waals surface area (Å²) >= 11 is 0. The fraction of sp³-hybridized carbons (Fsp3) is 0.500. The predicted molar refractivity (Wildman–Crippen MR) is 72.3 cm³/mol. The Morgan fingerprint density at radius 2 is 2.26 bits per heavy atom. The molecule has 0 spiro atoms. The van der Waals surface area contributed by atoms with Gasteiger partial charge in [-0.05, 0) is 38.0 Å². The number of rotatable bonds is 2. The van der Waals surface area contributed by atoms with Crippen LogP contribution in [0.3, 0.4) is 0 Å². The number of hydrogen-bond acceptors (Lipinski definition) is 4. The van der Waals surface area contributed by atoms with Crippen LogP contribution in [-0.4, -0.2) is 31.3 Å². The number of nitrogens with zero attached hydrogens (tertiary/aromatic N) is 1. The number of anilines is 2. The Hall–Kier alpha value is -1.75. The van der Waals surface area contributed by atoms with Crippen molar-refractivity contribution in [2.45, 2.75) is 32.0 Å². The molecular formula is C14H18N2O3. The van der Waals surface area contributed by atoms with Crippen LogP contribution in [0.25, 0.3) is 0 Å². The minimum absolute atomic E-state index is 0.0405. The first-order chi connectivity index (χ1) is 9.13. The van der Waals surface area contributed by atoms with Gasteiger partial charge in [0.1, 0.15) is 5.75 Å². The third kappa shape index (κ3) is 2.38. The zero-order chi connectivity index (χ0) is 13.4. The van der Waals surface area contributed by atoms with Gasteiger partial charge in [-0.3, -0.25) is 4.79 Å². The lowest BCUT2D eigenvalue weighted by atomic mass is 10.1. The Kier molecular flexibility index (Phi) is 3.06. The van der Waals surface area contributed by atoms with E-state index in [4.69, 9.17) is 15.2 Å². The molecule has 1 saturated heterocycles. The number of amides is 1. The highest BCUT2D eigenvalue weighted by molar-refractivity contribution is 5.98. The maximum absolute atomic E-state index is 12.0. The van der Waals surface area contributed by atoms with E-state index >= 15 is 0 Å². The minimum atomic E-state index is -0.0405. The van der Waals surface area contributed by atoms with E-state index in [2.05, 4.69) is 6.92 Å². The molecule has 5 heteroatoms. The van der Waals surface area contributed by atoms with Crippen LogP contribution in [0.2, 0.25) is 0 Å². The lowest BCUT2D eigenvalue weighted by Gasteiger charge is -2.31. The summed E-state index contributed by atoms with van der Waals surface area (Å²) in [7, 11) is 0. The second-order valence-electron chi connectivity index (χ2n) is 5.17. The highest BCUT2D eigenvalue weighted by atomic mass is 16.5. The van der Waals surface area contributed by atoms with Crippen molar-refractivity contribution in [3.8, 4) is 5.75 Å². The van der Waals surface area contributed by atoms with Gasteiger partial charge in [-0.25, -0.2) is 0 Å². The third-order valence-electron chi connectivity index (χ3n) is 3.63. The van der Waals surface area contributed by atoms with Crippen molar-refractivity contribution in [1.82, 2.24) is 0 Å². The second kappa shape index (κ2) is 4.74. The average molecular weight is 262 g/mol. The van der Waals surface area contributed by atoms with E-state index < -0.39 is 0 Å². The van der Waals surface area contributed by atoms with Gasteiger partial charge in [0.2, 0.25) is 0 Å². The molecule has 102 valence electrons. The SMILES string of the molecule is CC1CCC(CN2C(=O)COc3ccc(N)cc32)O1. The molecule has 0 aliphatic carbocycles. The molecule has 0 saturated carbocycles. The summed E-state index contributed by atoms with van der Waals surface area (Å²) in [5.41, 5.74) is 7.17. The first-order valence-corrected chi connectivity index (χ1v) is 6.61. The van der Waals surface area contributed by atoms with Gasteiger partial charge in [0, 0.05) is 5.69 Å². The van der Waals surface area contributed by atoms with Crippen LogP contribution in [0, 0.1) is 0 Å². The van der Waals surface area contributed by atoms with Crippen LogP contribution in [0.5, 0.6) is 5.75 Å². The molecular weight excluding hydrogens is 244 g/mol. The molecule has 0 radical (unpaired) electrons. The van der Waals surface area contributed by atoms with Gasteiger partial charge in [0.05, 0.1) is 24.4 Å². The van der Waals surface area contributed by atoms with Gasteiger partial charge in [-0.2, -0.15) is 0 Å². The van der Waals surface area contributed by atoms with Crippen molar-refractivity contribution in [3.63, 3.8) is 0 Å². The minimum Gasteiger partial charge on any atom is -0.482 e. The van der Waals surface area contributed by atoms with Crippen molar-refractivity contribution < 1.29 is 14.3 Å². The van der Waals surface area contributed by atoms with E-state index in [-0.39, 0.29) is 24.7 Å². The Morgan fingerprint density at radius 1 is 1.42 bits per heavy atom. The molecule has 2 aliphatic heterocycles. The fourth-order valence-corrected chi connectivity index (χ4v) is 2.64. The Morgan fingerprint density at radius 3 is 3.00 bits per heavy atom. The van der Waals surface area contributed by atoms with Crippen LogP contribution >= 0.6 is 0 Å². The van der Waals surface area contributed by atoms with E-state index in [0.717, 1.165) is 18.5 Å². The summed E-state index contributed by atoms with van der Waals surface area (Å²) < 4.78 is 11.2. The molecule has 5 nitrogen and oxygen atoms in total. The molecule has 2 atom stereocenters. The van der Waals surface area contributed by atoms with Crippen LogP contribution in [0.15, 0.2) is 18.2 Å². The van der Waals surface area contributed by atoms with Gasteiger partial charge in [-0.1, -0.05) is 0 Å². The quantitative estimate of drug-likeness (QED) is 0.821. The first kappa shape index (κ1) is 12.3. The Bertz CT molecular complexity index is 503. The van der Waals surface area contributed by atoms with E-state index in [1.165, 1.54) is 0 Å². The van der Waals surface area contributed by atoms with Crippen LogP contribution in [0.1, 0.15) is 19.8 Å². The van der Waals surface area contributed by atoms with Crippen LogP contribution < -0.4 is 15.4 Å². The van der Waals surface area contributed by atoms with Crippen molar-refractivity contribution in [1.29, 1.82) is 0 Å². The molecule has 0 aromatic heterocycles. The van der Waals surface area contributed by atoms with E-state index in [9.17, 15) is 4.79 Å². The lowest BCUT2D eigenvalue weighted by molar-refractivity contribution is -0.121. The van der Waals surface area contributed by atoms with Gasteiger partial charge >= 0.3 is 0 Å². The standard InChI is InChI=1S/C14H18N2O3/c1-9-2-4-11(19-9)7-16-12-6-10(15)3-5-13(12)18-8-14(16)17/h3,5-6,9,11H,2,4,7-8,15H2,1H3. The van der Waals surface area contributed by atoms with E-state index in [0.29, 0.717) is 18.0 Å². The van der Waals surface area contributed by atoms with Crippen molar-refractivity contribution >= 4 is 17.3 Å². The molecule has 1 aromatic rings. The van der Waals surface area contributed by atoms with E-state index in [1.54, 1.807) is 17.0 Å². The van der Waals surface area contributed by atoms with Gasteiger partial charge in [-0.15, -0.1) is 0 Å². The topological polar surface area (TPSA) is 64.8 Å². The molecule has 1 amide bonds. The van der Waals surface area contributed by atoms with Crippen molar-refractivity contribution in [2.75, 3.05) is 23.8 Å². The Labute approximate surface area is 112 Å². The summed E-state index contributed by atoms with van der Waals surface area (Å²) in [5, 5.41) is 0. The number of fused-ring (bicyclic) bond motifs is 1. The smallest absolute Gasteiger partial charge is 0.265 e. The normalized spacial score (nSPS) is 26.2. The predicted octanol–water partition coefficient (Wildman–Crippen LogP) is 1.56. The molecule has 2 unspecified atom stereocenters. The number of ether oxygens (including phenoxy) is 2. The summed E-state index contributed by atoms with van der Waals surface area (Å²) in [6.45, 7) is 2.72. The molecule has 1 fully saturated rings. The average Bonchev–Trinajstić information content (AvgIpc) is 2.79.